The second-order valence-electron chi connectivity index (χ2n) is 4.30. The largest absolute Gasteiger partial charge is 0.508 e. The Hall–Kier alpha value is -1.06. The molecule has 88 valence electrons. The van der Waals surface area contributed by atoms with Crippen LogP contribution in [0.15, 0.2) is 24.3 Å². The maximum absolute atomic E-state index is 9.30. The van der Waals surface area contributed by atoms with Gasteiger partial charge in [-0.05, 0) is 24.1 Å². The minimum Gasteiger partial charge on any atom is -0.508 e. The molecular weight excluding hydrogens is 200 g/mol. The maximum Gasteiger partial charge on any atom is 0.115 e. The molecule has 3 heteroatoms. The van der Waals surface area contributed by atoms with Crippen LogP contribution in [-0.4, -0.2) is 36.2 Å². The lowest BCUT2D eigenvalue weighted by Crippen LogP contribution is -2.45. The molecule has 3 nitrogen and oxygen atoms in total. The molecule has 1 heterocycles. The van der Waals surface area contributed by atoms with Crippen molar-refractivity contribution < 1.29 is 5.11 Å². The van der Waals surface area contributed by atoms with E-state index >= 15 is 0 Å². The lowest BCUT2D eigenvalue weighted by Gasteiger charge is -2.34. The van der Waals surface area contributed by atoms with Gasteiger partial charge in [-0.15, -0.1) is 0 Å². The van der Waals surface area contributed by atoms with E-state index in [2.05, 4.69) is 17.1 Å². The highest BCUT2D eigenvalue weighted by molar-refractivity contribution is 5.28. The second-order valence-corrected chi connectivity index (χ2v) is 4.30. The molecule has 0 saturated carbocycles. The topological polar surface area (TPSA) is 35.5 Å². The molecule has 0 radical (unpaired) electrons. The van der Waals surface area contributed by atoms with Crippen LogP contribution < -0.4 is 5.32 Å². The smallest absolute Gasteiger partial charge is 0.115 e. The van der Waals surface area contributed by atoms with E-state index in [1.54, 1.807) is 12.1 Å². The number of phenolic OH excluding ortho intramolecular Hbond substituents is 1. The van der Waals surface area contributed by atoms with E-state index in [0.717, 1.165) is 32.6 Å². The van der Waals surface area contributed by atoms with Crippen molar-refractivity contribution in [1.82, 2.24) is 10.2 Å². The Morgan fingerprint density at radius 3 is 2.44 bits per heavy atom. The number of nitrogens with one attached hydrogen (secondary N) is 1. The number of piperazine rings is 1. The number of phenols is 1. The van der Waals surface area contributed by atoms with E-state index < -0.39 is 0 Å². The molecule has 1 atom stereocenters. The summed E-state index contributed by atoms with van der Waals surface area (Å²) in [6, 6.07) is 8.11. The number of hydrogen-bond acceptors (Lipinski definition) is 3. The van der Waals surface area contributed by atoms with Crippen LogP contribution >= 0.6 is 0 Å². The standard InChI is InChI=1S/C13H20N2O/c1-2-13(15-9-7-14-8-10-15)11-3-5-12(16)6-4-11/h3-6,13-14,16H,2,7-10H2,1H3. The Bertz CT molecular complexity index is 317. The van der Waals surface area contributed by atoms with Gasteiger partial charge in [-0.2, -0.15) is 0 Å². The van der Waals surface area contributed by atoms with Gasteiger partial charge in [-0.25, -0.2) is 0 Å². The first-order chi connectivity index (χ1) is 7.81. The van der Waals surface area contributed by atoms with Gasteiger partial charge in [0, 0.05) is 32.2 Å². The molecule has 0 bridgehead atoms. The molecule has 1 aliphatic heterocycles. The quantitative estimate of drug-likeness (QED) is 0.814. The summed E-state index contributed by atoms with van der Waals surface area (Å²) in [6.45, 7) is 6.60. The van der Waals surface area contributed by atoms with Crippen molar-refractivity contribution in [2.24, 2.45) is 0 Å². The fourth-order valence-corrected chi connectivity index (χ4v) is 2.39. The summed E-state index contributed by atoms with van der Waals surface area (Å²) in [5.74, 6) is 0.346. The lowest BCUT2D eigenvalue weighted by molar-refractivity contribution is 0.169. The Morgan fingerprint density at radius 1 is 1.25 bits per heavy atom. The molecule has 16 heavy (non-hydrogen) atoms. The molecule has 0 spiro atoms. The van der Waals surface area contributed by atoms with Crippen LogP contribution in [0, 0.1) is 0 Å². The summed E-state index contributed by atoms with van der Waals surface area (Å²) in [4.78, 5) is 2.52. The van der Waals surface area contributed by atoms with Gasteiger partial charge in [-0.3, -0.25) is 4.90 Å². The Balaban J connectivity index is 2.11. The zero-order chi connectivity index (χ0) is 11.4. The summed E-state index contributed by atoms with van der Waals surface area (Å²) in [5.41, 5.74) is 1.31. The van der Waals surface area contributed by atoms with Gasteiger partial charge in [0.25, 0.3) is 0 Å². The highest BCUT2D eigenvalue weighted by Crippen LogP contribution is 2.25. The van der Waals surface area contributed by atoms with Gasteiger partial charge in [0.15, 0.2) is 0 Å². The SMILES string of the molecule is CCC(c1ccc(O)cc1)N1CCNCC1. The van der Waals surface area contributed by atoms with Crippen molar-refractivity contribution in [3.63, 3.8) is 0 Å². The molecule has 2 rings (SSSR count). The predicted octanol–water partition coefficient (Wildman–Crippen LogP) is 1.75. The van der Waals surface area contributed by atoms with Crippen molar-refractivity contribution in [2.45, 2.75) is 19.4 Å². The number of hydrogen-bond donors (Lipinski definition) is 2. The minimum absolute atomic E-state index is 0.346. The van der Waals surface area contributed by atoms with E-state index in [9.17, 15) is 5.11 Å². The fourth-order valence-electron chi connectivity index (χ4n) is 2.39. The van der Waals surface area contributed by atoms with Gasteiger partial charge in [-0.1, -0.05) is 19.1 Å². The third-order valence-electron chi connectivity index (χ3n) is 3.26. The van der Waals surface area contributed by atoms with Crippen molar-refractivity contribution >= 4 is 0 Å². The Labute approximate surface area is 97.1 Å². The lowest BCUT2D eigenvalue weighted by atomic mass is 10.0. The zero-order valence-corrected chi connectivity index (χ0v) is 9.82. The normalized spacial score (nSPS) is 19.6. The first-order valence-corrected chi connectivity index (χ1v) is 6.05. The van der Waals surface area contributed by atoms with E-state index in [-0.39, 0.29) is 0 Å². The van der Waals surface area contributed by atoms with Crippen LogP contribution in [-0.2, 0) is 0 Å². The van der Waals surface area contributed by atoms with Crippen LogP contribution in [0.1, 0.15) is 24.9 Å². The summed E-state index contributed by atoms with van der Waals surface area (Å²) in [7, 11) is 0. The molecule has 0 aliphatic carbocycles. The first-order valence-electron chi connectivity index (χ1n) is 6.05. The third kappa shape index (κ3) is 2.54. The van der Waals surface area contributed by atoms with Gasteiger partial charge < -0.3 is 10.4 Å². The molecule has 1 unspecified atom stereocenters. The number of benzene rings is 1. The molecule has 1 aromatic rings. The third-order valence-corrected chi connectivity index (χ3v) is 3.26. The Morgan fingerprint density at radius 2 is 1.88 bits per heavy atom. The van der Waals surface area contributed by atoms with Crippen LogP contribution in [0.25, 0.3) is 0 Å². The van der Waals surface area contributed by atoms with Gasteiger partial charge >= 0.3 is 0 Å². The number of nitrogens with zero attached hydrogens (tertiary/aromatic N) is 1. The van der Waals surface area contributed by atoms with Crippen molar-refractivity contribution in [1.29, 1.82) is 0 Å². The molecular formula is C13H20N2O. The average molecular weight is 220 g/mol. The Kier molecular flexibility index (Phi) is 3.80. The molecule has 1 fully saturated rings. The molecule has 0 amide bonds. The molecule has 2 N–H and O–H groups in total. The van der Waals surface area contributed by atoms with Crippen LogP contribution in [0.5, 0.6) is 5.75 Å². The van der Waals surface area contributed by atoms with E-state index in [1.807, 2.05) is 12.1 Å². The van der Waals surface area contributed by atoms with Crippen LogP contribution in [0.4, 0.5) is 0 Å². The van der Waals surface area contributed by atoms with E-state index in [4.69, 9.17) is 0 Å². The summed E-state index contributed by atoms with van der Waals surface area (Å²) in [6.07, 6.45) is 1.12. The fraction of sp³-hybridized carbons (Fsp3) is 0.538. The van der Waals surface area contributed by atoms with Crippen LogP contribution in [0.2, 0.25) is 0 Å². The first kappa shape index (κ1) is 11.4. The highest BCUT2D eigenvalue weighted by atomic mass is 16.3. The average Bonchev–Trinajstić information content (AvgIpc) is 2.34. The van der Waals surface area contributed by atoms with Crippen molar-refractivity contribution in [3.8, 4) is 5.75 Å². The molecule has 1 aliphatic rings. The number of aromatic hydroxyl groups is 1. The summed E-state index contributed by atoms with van der Waals surface area (Å²) >= 11 is 0. The zero-order valence-electron chi connectivity index (χ0n) is 9.82. The second kappa shape index (κ2) is 5.32. The summed E-state index contributed by atoms with van der Waals surface area (Å²) < 4.78 is 0. The van der Waals surface area contributed by atoms with Crippen LogP contribution in [0.3, 0.4) is 0 Å². The molecule has 1 saturated heterocycles. The maximum atomic E-state index is 9.30. The van der Waals surface area contributed by atoms with E-state index in [1.165, 1.54) is 5.56 Å². The highest BCUT2D eigenvalue weighted by Gasteiger charge is 2.20. The van der Waals surface area contributed by atoms with Crippen molar-refractivity contribution in [3.05, 3.63) is 29.8 Å². The molecule has 1 aromatic carbocycles. The van der Waals surface area contributed by atoms with E-state index in [0.29, 0.717) is 11.8 Å². The van der Waals surface area contributed by atoms with Crippen molar-refractivity contribution in [2.75, 3.05) is 26.2 Å². The summed E-state index contributed by atoms with van der Waals surface area (Å²) in [5, 5.41) is 12.7. The minimum atomic E-state index is 0.346. The predicted molar refractivity (Wildman–Crippen MR) is 65.6 cm³/mol. The number of rotatable bonds is 3. The van der Waals surface area contributed by atoms with Gasteiger partial charge in [0.05, 0.1) is 0 Å². The molecule has 0 aromatic heterocycles. The van der Waals surface area contributed by atoms with Gasteiger partial charge in [0.2, 0.25) is 0 Å². The monoisotopic (exact) mass is 220 g/mol. The van der Waals surface area contributed by atoms with Gasteiger partial charge in [0.1, 0.15) is 5.75 Å².